The molecule has 0 heterocycles. The van der Waals surface area contributed by atoms with Crippen molar-refractivity contribution in [3.8, 4) is 11.8 Å². The smallest absolute Gasteiger partial charge is 0.462 e. The zero-order chi connectivity index (χ0) is 21.4. The molecule has 0 aliphatic rings. The van der Waals surface area contributed by atoms with Crippen LogP contribution in [0.3, 0.4) is 0 Å². The van der Waals surface area contributed by atoms with Gasteiger partial charge in [0.05, 0.1) is 17.9 Å². The lowest BCUT2D eigenvalue weighted by Crippen LogP contribution is -2.16. The quantitative estimate of drug-likeness (QED) is 0.532. The number of nitrogens with zero attached hydrogens (tertiary/aromatic N) is 1. The van der Waals surface area contributed by atoms with Gasteiger partial charge in [-0.05, 0) is 18.6 Å². The summed E-state index contributed by atoms with van der Waals surface area (Å²) in [5, 5.41) is 11.5. The number of hydrogen-bond acceptors (Lipinski definition) is 8. The van der Waals surface area contributed by atoms with E-state index >= 15 is 0 Å². The van der Waals surface area contributed by atoms with E-state index in [1.54, 1.807) is 36.4 Å². The van der Waals surface area contributed by atoms with Crippen LogP contribution >= 0.6 is 0 Å². The molecule has 9 nitrogen and oxygen atoms in total. The van der Waals surface area contributed by atoms with Crippen molar-refractivity contribution in [2.24, 2.45) is 0 Å². The molecule has 11 heteroatoms. The highest BCUT2D eigenvalue weighted by Gasteiger charge is 2.23. The molecule has 0 bridgehead atoms. The lowest BCUT2D eigenvalue weighted by molar-refractivity contribution is 0.0524. The SMILES string of the molecule is CCOC(=O)c1cc(C#N)c(NC(=O)OCc2ccccc2)cc1OS(=O)(=O)F. The average Bonchev–Trinajstić information content (AvgIpc) is 2.66. The number of carbonyl (C=O) groups is 2. The summed E-state index contributed by atoms with van der Waals surface area (Å²) in [6.07, 6.45) is -0.969. The summed E-state index contributed by atoms with van der Waals surface area (Å²) in [6, 6.07) is 12.2. The molecule has 0 unspecified atom stereocenters. The Morgan fingerprint density at radius 2 is 1.86 bits per heavy atom. The molecule has 0 saturated carbocycles. The first-order chi connectivity index (χ1) is 13.7. The summed E-state index contributed by atoms with van der Waals surface area (Å²) >= 11 is 0. The number of carbonyl (C=O) groups excluding carboxylic acids is 2. The third kappa shape index (κ3) is 6.47. The van der Waals surface area contributed by atoms with Gasteiger partial charge in [-0.15, -0.1) is 0 Å². The molecule has 0 aromatic heterocycles. The fourth-order valence-electron chi connectivity index (χ4n) is 2.19. The molecular formula is C18H15FN2O7S. The Morgan fingerprint density at radius 1 is 1.17 bits per heavy atom. The standard InChI is InChI=1S/C18H15FN2O7S/c1-2-26-17(22)14-8-13(10-20)15(9-16(14)28-29(19,24)25)21-18(23)27-11-12-6-4-3-5-7-12/h3-9H,2,11H2,1H3,(H,21,23). The van der Waals surface area contributed by atoms with E-state index in [-0.39, 0.29) is 24.5 Å². The molecule has 0 spiro atoms. The molecule has 2 aromatic carbocycles. The molecule has 1 amide bonds. The molecular weight excluding hydrogens is 407 g/mol. The lowest BCUT2D eigenvalue weighted by Gasteiger charge is -2.13. The van der Waals surface area contributed by atoms with Gasteiger partial charge in [-0.3, -0.25) is 5.32 Å². The monoisotopic (exact) mass is 422 g/mol. The van der Waals surface area contributed by atoms with Crippen molar-refractivity contribution < 1.29 is 35.5 Å². The number of esters is 1. The predicted molar refractivity (Wildman–Crippen MR) is 98.0 cm³/mol. The van der Waals surface area contributed by atoms with Crippen LogP contribution < -0.4 is 9.50 Å². The Kier molecular flexibility index (Phi) is 7.10. The number of amides is 1. The molecule has 0 radical (unpaired) electrons. The van der Waals surface area contributed by atoms with Gasteiger partial charge in [0.15, 0.2) is 5.75 Å². The largest absolute Gasteiger partial charge is 0.488 e. The van der Waals surface area contributed by atoms with Gasteiger partial charge in [0, 0.05) is 6.07 Å². The van der Waals surface area contributed by atoms with Crippen molar-refractivity contribution in [1.82, 2.24) is 0 Å². The minimum atomic E-state index is -5.49. The molecule has 1 N–H and O–H groups in total. The van der Waals surface area contributed by atoms with Crippen molar-refractivity contribution in [2.75, 3.05) is 11.9 Å². The van der Waals surface area contributed by atoms with E-state index in [0.29, 0.717) is 5.56 Å². The normalized spacial score (nSPS) is 10.5. The molecule has 0 aliphatic heterocycles. The van der Waals surface area contributed by atoms with E-state index in [1.165, 1.54) is 6.92 Å². The van der Waals surface area contributed by atoms with Crippen molar-refractivity contribution in [3.63, 3.8) is 0 Å². The van der Waals surface area contributed by atoms with Crippen molar-refractivity contribution in [1.29, 1.82) is 5.26 Å². The van der Waals surface area contributed by atoms with Crippen molar-refractivity contribution in [3.05, 3.63) is 59.2 Å². The van der Waals surface area contributed by atoms with Crippen molar-refractivity contribution in [2.45, 2.75) is 13.5 Å². The van der Waals surface area contributed by atoms with E-state index in [1.807, 2.05) is 0 Å². The van der Waals surface area contributed by atoms with E-state index in [9.17, 15) is 27.2 Å². The first-order valence-electron chi connectivity index (χ1n) is 8.10. The van der Waals surface area contributed by atoms with Crippen LogP contribution in [-0.2, 0) is 26.6 Å². The summed E-state index contributed by atoms with van der Waals surface area (Å²) in [5.74, 6) is -1.80. The summed E-state index contributed by atoms with van der Waals surface area (Å²) in [5.41, 5.74) is -0.285. The van der Waals surface area contributed by atoms with Crippen LogP contribution in [0.1, 0.15) is 28.4 Å². The van der Waals surface area contributed by atoms with E-state index in [2.05, 4.69) is 9.50 Å². The minimum absolute atomic E-state index is 0.0612. The maximum absolute atomic E-state index is 13.0. The van der Waals surface area contributed by atoms with Gasteiger partial charge in [-0.2, -0.15) is 13.7 Å². The van der Waals surface area contributed by atoms with Gasteiger partial charge in [0.25, 0.3) is 0 Å². The minimum Gasteiger partial charge on any atom is -0.462 e. The average molecular weight is 422 g/mol. The third-order valence-corrected chi connectivity index (χ3v) is 3.75. The van der Waals surface area contributed by atoms with Crippen LogP contribution in [-0.4, -0.2) is 27.1 Å². The second kappa shape index (κ2) is 9.52. The van der Waals surface area contributed by atoms with Crippen molar-refractivity contribution >= 4 is 28.3 Å². The number of anilines is 1. The summed E-state index contributed by atoms with van der Waals surface area (Å²) in [6.45, 7) is 1.36. The molecule has 0 aliphatic carbocycles. The summed E-state index contributed by atoms with van der Waals surface area (Å²) < 4.78 is 48.6. The Bertz CT molecular complexity index is 1050. The van der Waals surface area contributed by atoms with Crippen LogP contribution in [0.25, 0.3) is 0 Å². The molecule has 0 fully saturated rings. The Balaban J connectivity index is 2.30. The van der Waals surface area contributed by atoms with Gasteiger partial charge >= 0.3 is 22.6 Å². The van der Waals surface area contributed by atoms with Gasteiger partial charge in [-0.25, -0.2) is 9.59 Å². The summed E-state index contributed by atoms with van der Waals surface area (Å²) in [4.78, 5) is 24.0. The number of rotatable bonds is 7. The zero-order valence-electron chi connectivity index (χ0n) is 15.0. The van der Waals surface area contributed by atoms with Crippen LogP contribution in [0.4, 0.5) is 14.4 Å². The number of nitrogens with one attached hydrogen (secondary N) is 1. The van der Waals surface area contributed by atoms with Gasteiger partial charge in [-0.1, -0.05) is 34.2 Å². The maximum Gasteiger partial charge on any atom is 0.488 e. The van der Waals surface area contributed by atoms with Gasteiger partial charge in [0.2, 0.25) is 0 Å². The number of benzene rings is 2. The van der Waals surface area contributed by atoms with Gasteiger partial charge in [0.1, 0.15) is 18.2 Å². The Morgan fingerprint density at radius 3 is 2.45 bits per heavy atom. The zero-order valence-corrected chi connectivity index (χ0v) is 15.9. The fraction of sp³-hybridized carbons (Fsp3) is 0.167. The van der Waals surface area contributed by atoms with E-state index in [4.69, 9.17) is 9.47 Å². The highest BCUT2D eigenvalue weighted by Crippen LogP contribution is 2.29. The fourth-order valence-corrected chi connectivity index (χ4v) is 2.54. The topological polar surface area (TPSA) is 132 Å². The molecule has 2 rings (SSSR count). The lowest BCUT2D eigenvalue weighted by atomic mass is 10.1. The predicted octanol–water partition coefficient (Wildman–Crippen LogP) is 3.08. The number of hydrogen-bond donors (Lipinski definition) is 1. The number of ether oxygens (including phenoxy) is 2. The number of halogens is 1. The molecule has 0 atom stereocenters. The summed E-state index contributed by atoms with van der Waals surface area (Å²) in [7, 11) is -5.49. The maximum atomic E-state index is 13.0. The molecule has 2 aromatic rings. The van der Waals surface area contributed by atoms with Gasteiger partial charge < -0.3 is 13.7 Å². The highest BCUT2D eigenvalue weighted by molar-refractivity contribution is 7.81. The second-order valence-electron chi connectivity index (χ2n) is 5.39. The Labute approximate surface area is 166 Å². The molecule has 152 valence electrons. The highest BCUT2D eigenvalue weighted by atomic mass is 32.3. The number of nitriles is 1. The second-order valence-corrected chi connectivity index (χ2v) is 6.34. The van der Waals surface area contributed by atoms with Crippen LogP contribution in [0, 0.1) is 11.3 Å². The molecule has 29 heavy (non-hydrogen) atoms. The first-order valence-corrected chi connectivity index (χ1v) is 9.41. The first kappa shape index (κ1) is 21.6. The molecule has 0 saturated heterocycles. The van der Waals surface area contributed by atoms with E-state index in [0.717, 1.165) is 12.1 Å². The van der Waals surface area contributed by atoms with E-state index < -0.39 is 33.9 Å². The van der Waals surface area contributed by atoms with Crippen LogP contribution in [0.5, 0.6) is 5.75 Å². The van der Waals surface area contributed by atoms with Crippen LogP contribution in [0.2, 0.25) is 0 Å². The Hall–Kier alpha value is -3.65. The third-order valence-electron chi connectivity index (χ3n) is 3.37. The van der Waals surface area contributed by atoms with Crippen LogP contribution in [0.15, 0.2) is 42.5 Å².